The van der Waals surface area contributed by atoms with Crippen LogP contribution >= 0.6 is 0 Å². The summed E-state index contributed by atoms with van der Waals surface area (Å²) in [5.41, 5.74) is 1.39. The average Bonchev–Trinajstić information content (AvgIpc) is 2.89. The third-order valence-corrected chi connectivity index (χ3v) is 3.24. The Labute approximate surface area is 128 Å². The van der Waals surface area contributed by atoms with Crippen LogP contribution in [0, 0.1) is 31.3 Å². The summed E-state index contributed by atoms with van der Waals surface area (Å²) >= 11 is 0. The second-order valence-electron chi connectivity index (χ2n) is 5.02. The van der Waals surface area contributed by atoms with Gasteiger partial charge in [0.05, 0.1) is 11.4 Å². The van der Waals surface area contributed by atoms with Crippen LogP contribution in [-0.2, 0) is 0 Å². The first-order valence-electron chi connectivity index (χ1n) is 6.65. The van der Waals surface area contributed by atoms with E-state index in [2.05, 4.69) is 15.4 Å². The second-order valence-corrected chi connectivity index (χ2v) is 5.02. The minimum Gasteiger partial charge on any atom is -0.318 e. The van der Waals surface area contributed by atoms with Gasteiger partial charge in [0, 0.05) is 11.8 Å². The van der Waals surface area contributed by atoms with Crippen LogP contribution in [0.1, 0.15) is 21.9 Å². The van der Waals surface area contributed by atoms with Crippen molar-refractivity contribution in [1.82, 2.24) is 14.6 Å². The van der Waals surface area contributed by atoms with Gasteiger partial charge >= 0.3 is 0 Å². The van der Waals surface area contributed by atoms with Crippen LogP contribution in [0.4, 0.5) is 18.9 Å². The number of aromatic nitrogens is 3. The van der Waals surface area contributed by atoms with Crippen LogP contribution in [0.3, 0.4) is 0 Å². The monoisotopic (exact) mass is 320 g/mol. The smallest absolute Gasteiger partial charge is 0.274 e. The Kier molecular flexibility index (Phi) is 3.51. The Bertz CT molecular complexity index is 936. The molecule has 2 aromatic heterocycles. The molecule has 1 N–H and O–H groups in total. The summed E-state index contributed by atoms with van der Waals surface area (Å²) in [6.07, 6.45) is 0. The standard InChI is InChI=1S/C15H11F3N4O/c1-7-5-12-19-11(6-8(2)22(12)21-7)15(23)20-10-4-3-9(16)13(17)14(10)18/h3-6H,1-2H3,(H,20,23). The summed E-state index contributed by atoms with van der Waals surface area (Å²) in [7, 11) is 0. The zero-order chi connectivity index (χ0) is 16.7. The summed E-state index contributed by atoms with van der Waals surface area (Å²) in [6.45, 7) is 3.51. The van der Waals surface area contributed by atoms with Crippen LogP contribution in [0.5, 0.6) is 0 Å². The summed E-state index contributed by atoms with van der Waals surface area (Å²) < 4.78 is 41.3. The summed E-state index contributed by atoms with van der Waals surface area (Å²) in [5.74, 6) is -5.17. The summed E-state index contributed by atoms with van der Waals surface area (Å²) in [6, 6.07) is 4.82. The van der Waals surface area contributed by atoms with E-state index in [-0.39, 0.29) is 5.69 Å². The minimum absolute atomic E-state index is 0.0130. The van der Waals surface area contributed by atoms with E-state index in [9.17, 15) is 18.0 Å². The molecule has 0 saturated heterocycles. The molecule has 118 valence electrons. The van der Waals surface area contributed by atoms with Gasteiger partial charge in [0.1, 0.15) is 5.69 Å². The highest BCUT2D eigenvalue weighted by molar-refractivity contribution is 6.03. The largest absolute Gasteiger partial charge is 0.318 e. The lowest BCUT2D eigenvalue weighted by molar-refractivity contribution is 0.102. The van der Waals surface area contributed by atoms with Crippen molar-refractivity contribution in [3.63, 3.8) is 0 Å². The molecule has 23 heavy (non-hydrogen) atoms. The maximum Gasteiger partial charge on any atom is 0.274 e. The number of carbonyl (C=O) groups excluding carboxylic acids is 1. The molecule has 3 aromatic rings. The van der Waals surface area contributed by atoms with Crippen molar-refractivity contribution in [2.75, 3.05) is 5.32 Å². The number of nitrogens with zero attached hydrogens (tertiary/aromatic N) is 3. The van der Waals surface area contributed by atoms with Crippen molar-refractivity contribution in [3.8, 4) is 0 Å². The molecule has 5 nitrogen and oxygen atoms in total. The Morgan fingerprint density at radius 1 is 1.13 bits per heavy atom. The maximum atomic E-state index is 13.6. The third kappa shape index (κ3) is 2.63. The topological polar surface area (TPSA) is 59.3 Å². The quantitative estimate of drug-likeness (QED) is 0.738. The van der Waals surface area contributed by atoms with E-state index in [4.69, 9.17) is 0 Å². The van der Waals surface area contributed by atoms with Crippen LogP contribution in [-0.4, -0.2) is 20.5 Å². The van der Waals surface area contributed by atoms with Crippen molar-refractivity contribution in [1.29, 1.82) is 0 Å². The van der Waals surface area contributed by atoms with E-state index in [1.165, 1.54) is 6.07 Å². The number of rotatable bonds is 2. The predicted octanol–water partition coefficient (Wildman–Crippen LogP) is 3.02. The van der Waals surface area contributed by atoms with Crippen LogP contribution in [0.15, 0.2) is 24.3 Å². The molecule has 0 saturated carbocycles. The van der Waals surface area contributed by atoms with E-state index in [1.54, 1.807) is 24.4 Å². The first-order chi connectivity index (χ1) is 10.9. The number of hydrogen-bond donors (Lipinski definition) is 1. The molecule has 0 radical (unpaired) electrons. The second kappa shape index (κ2) is 5.38. The zero-order valence-corrected chi connectivity index (χ0v) is 12.2. The third-order valence-electron chi connectivity index (χ3n) is 3.24. The Hall–Kier alpha value is -2.90. The number of fused-ring (bicyclic) bond motifs is 1. The maximum absolute atomic E-state index is 13.6. The molecular weight excluding hydrogens is 309 g/mol. The number of hydrogen-bond acceptors (Lipinski definition) is 3. The molecule has 2 heterocycles. The summed E-state index contributed by atoms with van der Waals surface area (Å²) in [4.78, 5) is 16.3. The van der Waals surface area contributed by atoms with Crippen LogP contribution in [0.2, 0.25) is 0 Å². The van der Waals surface area contributed by atoms with Crippen molar-refractivity contribution >= 4 is 17.2 Å². The zero-order valence-electron chi connectivity index (χ0n) is 12.2. The number of benzene rings is 1. The first kappa shape index (κ1) is 15.0. The number of carbonyl (C=O) groups is 1. The number of halogens is 3. The van der Waals surface area contributed by atoms with E-state index in [1.807, 2.05) is 0 Å². The van der Waals surface area contributed by atoms with Gasteiger partial charge in [-0.1, -0.05) is 0 Å². The fraction of sp³-hybridized carbons (Fsp3) is 0.133. The van der Waals surface area contributed by atoms with Crippen molar-refractivity contribution in [2.24, 2.45) is 0 Å². The SMILES string of the molecule is Cc1cc2nc(C(=O)Nc3ccc(F)c(F)c3F)cc(C)n2n1. The average molecular weight is 320 g/mol. The van der Waals surface area contributed by atoms with Crippen molar-refractivity contribution in [3.05, 3.63) is 58.8 Å². The molecule has 3 rings (SSSR count). The molecule has 0 atom stereocenters. The van der Waals surface area contributed by atoms with Gasteiger partial charge in [-0.3, -0.25) is 4.79 Å². The lowest BCUT2D eigenvalue weighted by Crippen LogP contribution is -2.16. The fourth-order valence-corrected chi connectivity index (χ4v) is 2.16. The molecule has 0 fully saturated rings. The van der Waals surface area contributed by atoms with Gasteiger partial charge in [0.2, 0.25) is 0 Å². The van der Waals surface area contributed by atoms with E-state index < -0.39 is 29.0 Å². The van der Waals surface area contributed by atoms with E-state index >= 15 is 0 Å². The minimum atomic E-state index is -1.64. The van der Waals surface area contributed by atoms with Crippen LogP contribution in [0.25, 0.3) is 5.65 Å². The fourth-order valence-electron chi connectivity index (χ4n) is 2.16. The molecule has 0 unspecified atom stereocenters. The number of aryl methyl sites for hydroxylation is 2. The van der Waals surface area contributed by atoms with Gasteiger partial charge in [-0.25, -0.2) is 22.7 Å². The Morgan fingerprint density at radius 2 is 1.87 bits per heavy atom. The Morgan fingerprint density at radius 3 is 2.61 bits per heavy atom. The molecule has 0 bridgehead atoms. The molecule has 0 aliphatic rings. The summed E-state index contributed by atoms with van der Waals surface area (Å²) in [5, 5.41) is 6.38. The van der Waals surface area contributed by atoms with Gasteiger partial charge in [-0.05, 0) is 32.0 Å². The van der Waals surface area contributed by atoms with Gasteiger partial charge in [-0.15, -0.1) is 0 Å². The van der Waals surface area contributed by atoms with Gasteiger partial charge < -0.3 is 5.32 Å². The highest BCUT2D eigenvalue weighted by Gasteiger charge is 2.17. The van der Waals surface area contributed by atoms with Crippen molar-refractivity contribution in [2.45, 2.75) is 13.8 Å². The molecule has 1 amide bonds. The normalized spacial score (nSPS) is 11.0. The number of anilines is 1. The van der Waals surface area contributed by atoms with Gasteiger partial charge in [0.15, 0.2) is 23.1 Å². The van der Waals surface area contributed by atoms with Gasteiger partial charge in [-0.2, -0.15) is 5.10 Å². The lowest BCUT2D eigenvalue weighted by Gasteiger charge is -2.08. The highest BCUT2D eigenvalue weighted by atomic mass is 19.2. The first-order valence-corrected chi connectivity index (χ1v) is 6.65. The van der Waals surface area contributed by atoms with Crippen molar-refractivity contribution < 1.29 is 18.0 Å². The van der Waals surface area contributed by atoms with E-state index in [0.29, 0.717) is 11.3 Å². The predicted molar refractivity (Wildman–Crippen MR) is 76.7 cm³/mol. The molecule has 0 spiro atoms. The van der Waals surface area contributed by atoms with Crippen LogP contribution < -0.4 is 5.32 Å². The molecule has 0 aliphatic heterocycles. The number of amides is 1. The van der Waals surface area contributed by atoms with E-state index in [0.717, 1.165) is 17.8 Å². The Balaban J connectivity index is 1.96. The molecular formula is C15H11F3N4O. The molecule has 8 heteroatoms. The molecule has 0 aliphatic carbocycles. The highest BCUT2D eigenvalue weighted by Crippen LogP contribution is 2.20. The van der Waals surface area contributed by atoms with Gasteiger partial charge in [0.25, 0.3) is 5.91 Å². The number of nitrogens with one attached hydrogen (secondary N) is 1. The lowest BCUT2D eigenvalue weighted by atomic mass is 10.2. The molecule has 1 aromatic carbocycles.